The lowest BCUT2D eigenvalue weighted by Gasteiger charge is -2.28. The van der Waals surface area contributed by atoms with Gasteiger partial charge in [-0.1, -0.05) is 13.0 Å². The average Bonchev–Trinajstić information content (AvgIpc) is 2.27. The third kappa shape index (κ3) is 3.47. The zero-order chi connectivity index (χ0) is 14.8. The van der Waals surface area contributed by atoms with Crippen molar-refractivity contribution in [3.63, 3.8) is 0 Å². The van der Waals surface area contributed by atoms with Crippen molar-refractivity contribution >= 4 is 21.7 Å². The Labute approximate surface area is 113 Å². The number of hydrogen-bond acceptors (Lipinski definition) is 3. The molecule has 0 spiro atoms. The molecule has 0 aliphatic heterocycles. The summed E-state index contributed by atoms with van der Waals surface area (Å²) in [5.74, 6) is -1.15. The van der Waals surface area contributed by atoms with Crippen LogP contribution in [0.1, 0.15) is 24.5 Å². The van der Waals surface area contributed by atoms with Gasteiger partial charge in [-0.15, -0.1) is 0 Å². The lowest BCUT2D eigenvalue weighted by Crippen LogP contribution is -2.44. The van der Waals surface area contributed by atoms with Crippen LogP contribution in [-0.2, 0) is 14.8 Å². The van der Waals surface area contributed by atoms with E-state index < -0.39 is 22.0 Å². The second kappa shape index (κ2) is 5.61. The van der Waals surface area contributed by atoms with Crippen LogP contribution in [0, 0.1) is 13.8 Å². The average molecular weight is 285 g/mol. The summed E-state index contributed by atoms with van der Waals surface area (Å²) in [6, 6.07) is 4.03. The summed E-state index contributed by atoms with van der Waals surface area (Å²) in [6.07, 6.45) is 1.23. The highest BCUT2D eigenvalue weighted by molar-refractivity contribution is 7.92. The Bertz CT molecular complexity index is 580. The van der Waals surface area contributed by atoms with Crippen LogP contribution in [0.25, 0.3) is 0 Å². The molecule has 0 radical (unpaired) electrons. The lowest BCUT2D eigenvalue weighted by molar-refractivity contribution is -0.138. The number of carboxylic acids is 1. The topological polar surface area (TPSA) is 74.7 Å². The van der Waals surface area contributed by atoms with Crippen LogP contribution in [0.2, 0.25) is 0 Å². The molecule has 19 heavy (non-hydrogen) atoms. The summed E-state index contributed by atoms with van der Waals surface area (Å²) in [5, 5.41) is 9.19. The van der Waals surface area contributed by atoms with Gasteiger partial charge < -0.3 is 5.11 Å². The Balaban J connectivity index is 3.40. The van der Waals surface area contributed by atoms with E-state index in [0.29, 0.717) is 5.69 Å². The molecule has 0 bridgehead atoms. The third-order valence-electron chi connectivity index (χ3n) is 3.06. The maximum Gasteiger partial charge on any atom is 0.327 e. The first-order valence-corrected chi connectivity index (χ1v) is 7.82. The van der Waals surface area contributed by atoms with E-state index in [1.165, 1.54) is 0 Å². The molecule has 5 nitrogen and oxygen atoms in total. The van der Waals surface area contributed by atoms with E-state index in [9.17, 15) is 18.3 Å². The van der Waals surface area contributed by atoms with Gasteiger partial charge in [-0.05, 0) is 43.5 Å². The minimum absolute atomic E-state index is 0.204. The van der Waals surface area contributed by atoms with Gasteiger partial charge in [0.25, 0.3) is 0 Å². The van der Waals surface area contributed by atoms with Crippen LogP contribution in [-0.4, -0.2) is 31.8 Å². The van der Waals surface area contributed by atoms with Crippen molar-refractivity contribution in [1.29, 1.82) is 0 Å². The quantitative estimate of drug-likeness (QED) is 0.897. The van der Waals surface area contributed by atoms with Gasteiger partial charge in [0, 0.05) is 0 Å². The Morgan fingerprint density at radius 2 is 1.89 bits per heavy atom. The summed E-state index contributed by atoms with van der Waals surface area (Å²) >= 11 is 0. The van der Waals surface area contributed by atoms with Gasteiger partial charge in [0.1, 0.15) is 6.04 Å². The van der Waals surface area contributed by atoms with Crippen LogP contribution in [0.15, 0.2) is 18.2 Å². The minimum atomic E-state index is -3.65. The molecule has 1 aromatic carbocycles. The predicted molar refractivity (Wildman–Crippen MR) is 75.0 cm³/mol. The number of carbonyl (C=O) groups is 1. The maximum atomic E-state index is 11.9. The van der Waals surface area contributed by atoms with Gasteiger partial charge in [0.15, 0.2) is 0 Å². The molecule has 1 N–H and O–H groups in total. The monoisotopic (exact) mass is 285 g/mol. The first-order valence-electron chi connectivity index (χ1n) is 5.98. The van der Waals surface area contributed by atoms with Gasteiger partial charge >= 0.3 is 5.97 Å². The fraction of sp³-hybridized carbons (Fsp3) is 0.462. The number of rotatable bonds is 5. The van der Waals surface area contributed by atoms with Gasteiger partial charge in [-0.25, -0.2) is 13.2 Å². The van der Waals surface area contributed by atoms with Crippen LogP contribution < -0.4 is 4.31 Å². The highest BCUT2D eigenvalue weighted by atomic mass is 32.2. The number of hydrogen-bond donors (Lipinski definition) is 1. The van der Waals surface area contributed by atoms with Gasteiger partial charge in [-0.2, -0.15) is 0 Å². The van der Waals surface area contributed by atoms with Gasteiger partial charge in [-0.3, -0.25) is 4.31 Å². The first kappa shape index (κ1) is 15.5. The molecule has 0 aliphatic carbocycles. The molecule has 0 fully saturated rings. The van der Waals surface area contributed by atoms with Gasteiger partial charge in [0.05, 0.1) is 11.9 Å². The van der Waals surface area contributed by atoms with E-state index in [0.717, 1.165) is 21.7 Å². The van der Waals surface area contributed by atoms with E-state index in [2.05, 4.69) is 0 Å². The Morgan fingerprint density at radius 1 is 1.32 bits per heavy atom. The summed E-state index contributed by atoms with van der Waals surface area (Å²) in [6.45, 7) is 5.43. The minimum Gasteiger partial charge on any atom is -0.480 e. The van der Waals surface area contributed by atoms with E-state index in [-0.39, 0.29) is 6.42 Å². The fourth-order valence-corrected chi connectivity index (χ4v) is 3.10. The maximum absolute atomic E-state index is 11.9. The molecule has 0 unspecified atom stereocenters. The molecule has 0 saturated carbocycles. The predicted octanol–water partition coefficient (Wildman–Crippen LogP) is 1.93. The van der Waals surface area contributed by atoms with Crippen LogP contribution in [0.4, 0.5) is 5.69 Å². The molecule has 0 aromatic heterocycles. The molecular weight excluding hydrogens is 266 g/mol. The van der Waals surface area contributed by atoms with E-state index in [4.69, 9.17) is 0 Å². The first-order chi connectivity index (χ1) is 8.68. The summed E-state index contributed by atoms with van der Waals surface area (Å²) in [5.41, 5.74) is 2.34. The van der Waals surface area contributed by atoms with Crippen molar-refractivity contribution in [2.24, 2.45) is 0 Å². The Morgan fingerprint density at radius 3 is 2.26 bits per heavy atom. The molecule has 0 heterocycles. The number of carboxylic acid groups (broad SMARTS) is 1. The molecule has 0 amide bonds. The van der Waals surface area contributed by atoms with Crippen LogP contribution in [0.3, 0.4) is 0 Å². The van der Waals surface area contributed by atoms with E-state index >= 15 is 0 Å². The Kier molecular flexibility index (Phi) is 4.57. The molecule has 0 saturated heterocycles. The summed E-state index contributed by atoms with van der Waals surface area (Å²) in [4.78, 5) is 11.2. The SMILES string of the molecule is CC[C@@H](C(=O)O)N(c1ccc(C)c(C)c1)S(C)(=O)=O. The molecule has 1 aromatic rings. The van der Waals surface area contributed by atoms with Crippen molar-refractivity contribution in [2.75, 3.05) is 10.6 Å². The fourth-order valence-electron chi connectivity index (χ4n) is 1.91. The smallest absolute Gasteiger partial charge is 0.327 e. The van der Waals surface area contributed by atoms with Crippen molar-refractivity contribution in [3.8, 4) is 0 Å². The van der Waals surface area contributed by atoms with Crippen LogP contribution in [0.5, 0.6) is 0 Å². The number of aryl methyl sites for hydroxylation is 2. The second-order valence-electron chi connectivity index (χ2n) is 4.59. The zero-order valence-corrected chi connectivity index (χ0v) is 12.4. The number of anilines is 1. The van der Waals surface area contributed by atoms with E-state index in [1.54, 1.807) is 25.1 Å². The van der Waals surface area contributed by atoms with Crippen LogP contribution >= 0.6 is 0 Å². The number of sulfonamides is 1. The van der Waals surface area contributed by atoms with Crippen molar-refractivity contribution in [3.05, 3.63) is 29.3 Å². The van der Waals surface area contributed by atoms with Crippen molar-refractivity contribution in [1.82, 2.24) is 0 Å². The molecule has 6 heteroatoms. The second-order valence-corrected chi connectivity index (χ2v) is 6.45. The van der Waals surface area contributed by atoms with Gasteiger partial charge in [0.2, 0.25) is 10.0 Å². The molecule has 0 aliphatic rings. The third-order valence-corrected chi connectivity index (χ3v) is 4.24. The molecule has 1 atom stereocenters. The van der Waals surface area contributed by atoms with Crippen molar-refractivity contribution < 1.29 is 18.3 Å². The molecule has 106 valence electrons. The summed E-state index contributed by atoms with van der Waals surface area (Å²) in [7, 11) is -3.65. The standard InChI is InChI=1S/C13H19NO4S/c1-5-12(13(15)16)14(19(4,17)18)11-7-6-9(2)10(3)8-11/h6-8,12H,5H2,1-4H3,(H,15,16)/t12-/m0/s1. The number of nitrogens with zero attached hydrogens (tertiary/aromatic N) is 1. The number of aliphatic carboxylic acids is 1. The largest absolute Gasteiger partial charge is 0.480 e. The lowest BCUT2D eigenvalue weighted by atomic mass is 10.1. The van der Waals surface area contributed by atoms with E-state index in [1.807, 2.05) is 13.8 Å². The molecule has 1 rings (SSSR count). The Hall–Kier alpha value is -1.56. The zero-order valence-electron chi connectivity index (χ0n) is 11.5. The highest BCUT2D eigenvalue weighted by Gasteiger charge is 2.31. The summed E-state index contributed by atoms with van der Waals surface area (Å²) < 4.78 is 24.8. The normalized spacial score (nSPS) is 13.1. The van der Waals surface area contributed by atoms with Crippen molar-refractivity contribution in [2.45, 2.75) is 33.2 Å². The highest BCUT2D eigenvalue weighted by Crippen LogP contribution is 2.24. The number of benzene rings is 1. The molecular formula is C13H19NO4S.